The van der Waals surface area contributed by atoms with Crippen LogP contribution in [0.25, 0.3) is 5.52 Å². The van der Waals surface area contributed by atoms with Gasteiger partial charge in [-0.15, -0.1) is 0 Å². The van der Waals surface area contributed by atoms with Crippen LogP contribution in [0.5, 0.6) is 0 Å². The van der Waals surface area contributed by atoms with Crippen LogP contribution in [-0.4, -0.2) is 36.2 Å². The van der Waals surface area contributed by atoms with Gasteiger partial charge in [0.2, 0.25) is 15.9 Å². The van der Waals surface area contributed by atoms with Crippen molar-refractivity contribution in [2.24, 2.45) is 0 Å². The van der Waals surface area contributed by atoms with Gasteiger partial charge in [0.15, 0.2) is 0 Å². The van der Waals surface area contributed by atoms with Gasteiger partial charge in [-0.05, 0) is 40.6 Å². The number of anilines is 1. The van der Waals surface area contributed by atoms with E-state index in [1.54, 1.807) is 35.1 Å². The lowest BCUT2D eigenvalue weighted by molar-refractivity contribution is -0.120. The lowest BCUT2D eigenvalue weighted by atomic mass is 10.2. The Morgan fingerprint density at radius 3 is 2.96 bits per heavy atom. The molecule has 7 nitrogen and oxygen atoms in total. The molecule has 0 saturated heterocycles. The van der Waals surface area contributed by atoms with Crippen molar-refractivity contribution in [3.63, 3.8) is 0 Å². The molecule has 24 heavy (non-hydrogen) atoms. The first-order valence-electron chi connectivity index (χ1n) is 7.23. The summed E-state index contributed by atoms with van der Waals surface area (Å²) in [6.45, 7) is 0.0627. The highest BCUT2D eigenvalue weighted by Crippen LogP contribution is 2.13. The highest BCUT2D eigenvalue weighted by Gasteiger charge is 2.12. The number of nitrogens with zero attached hydrogens (tertiary/aromatic N) is 2. The summed E-state index contributed by atoms with van der Waals surface area (Å²) in [4.78, 5) is 11.7. The summed E-state index contributed by atoms with van der Waals surface area (Å²) >= 11 is 1.52. The van der Waals surface area contributed by atoms with Gasteiger partial charge in [0.1, 0.15) is 0 Å². The molecule has 0 bridgehead atoms. The molecule has 3 heterocycles. The van der Waals surface area contributed by atoms with Crippen LogP contribution in [0.2, 0.25) is 0 Å². The van der Waals surface area contributed by atoms with Crippen molar-refractivity contribution in [3.05, 3.63) is 53.0 Å². The van der Waals surface area contributed by atoms with E-state index in [0.717, 1.165) is 11.1 Å². The number of amides is 1. The first-order valence-corrected chi connectivity index (χ1v) is 9.83. The Morgan fingerprint density at radius 1 is 1.29 bits per heavy atom. The Bertz CT molecular complexity index is 933. The average Bonchev–Trinajstić information content (AvgIpc) is 3.17. The minimum Gasteiger partial charge on any atom is -0.355 e. The van der Waals surface area contributed by atoms with E-state index in [1.807, 2.05) is 16.8 Å². The fourth-order valence-corrected chi connectivity index (χ4v) is 3.81. The number of aromatic nitrogens is 2. The molecule has 3 aromatic rings. The lowest BCUT2D eigenvalue weighted by Crippen LogP contribution is -2.32. The molecule has 9 heteroatoms. The Kier molecular flexibility index (Phi) is 4.81. The maximum Gasteiger partial charge on any atom is 0.234 e. The molecule has 3 aromatic heterocycles. The first-order chi connectivity index (χ1) is 11.5. The number of thiophene rings is 1. The van der Waals surface area contributed by atoms with Gasteiger partial charge in [0, 0.05) is 18.9 Å². The summed E-state index contributed by atoms with van der Waals surface area (Å²) in [5, 5.41) is 10.5. The van der Waals surface area contributed by atoms with E-state index in [9.17, 15) is 13.2 Å². The number of pyridine rings is 1. The predicted octanol–water partition coefficient (Wildman–Crippen LogP) is 1.50. The van der Waals surface area contributed by atoms with Crippen LogP contribution < -0.4 is 10.0 Å². The fraction of sp³-hybridized carbons (Fsp3) is 0.200. The Balaban J connectivity index is 1.51. The molecule has 0 fully saturated rings. The van der Waals surface area contributed by atoms with E-state index in [4.69, 9.17) is 0 Å². The Labute approximate surface area is 143 Å². The van der Waals surface area contributed by atoms with Crippen LogP contribution in [0.3, 0.4) is 0 Å². The maximum absolute atomic E-state index is 12.1. The van der Waals surface area contributed by atoms with E-state index in [2.05, 4.69) is 15.1 Å². The molecule has 126 valence electrons. The molecule has 0 spiro atoms. The number of sulfonamides is 1. The molecule has 0 aromatic carbocycles. The smallest absolute Gasteiger partial charge is 0.234 e. The van der Waals surface area contributed by atoms with Crippen LogP contribution in [0, 0.1) is 0 Å². The second-order valence-electron chi connectivity index (χ2n) is 5.20. The molecular formula is C15H16N4O3S2. The van der Waals surface area contributed by atoms with Crippen molar-refractivity contribution < 1.29 is 13.2 Å². The molecule has 0 aliphatic heterocycles. The lowest BCUT2D eigenvalue weighted by Gasteiger charge is -2.09. The van der Waals surface area contributed by atoms with Gasteiger partial charge in [-0.3, -0.25) is 9.52 Å². The van der Waals surface area contributed by atoms with Crippen LogP contribution in [0.1, 0.15) is 5.56 Å². The zero-order chi connectivity index (χ0) is 17.0. The van der Waals surface area contributed by atoms with Crippen molar-refractivity contribution in [1.29, 1.82) is 0 Å². The molecule has 1 amide bonds. The number of hydrogen-bond donors (Lipinski definition) is 2. The Morgan fingerprint density at radius 2 is 2.17 bits per heavy atom. The van der Waals surface area contributed by atoms with Crippen molar-refractivity contribution in [2.45, 2.75) is 6.42 Å². The summed E-state index contributed by atoms with van der Waals surface area (Å²) in [6, 6.07) is 6.98. The molecule has 0 aliphatic rings. The van der Waals surface area contributed by atoms with Gasteiger partial charge in [0.05, 0.1) is 23.4 Å². The van der Waals surface area contributed by atoms with Crippen LogP contribution in [-0.2, 0) is 21.2 Å². The summed E-state index contributed by atoms with van der Waals surface area (Å²) in [5.41, 5.74) is 2.18. The van der Waals surface area contributed by atoms with Crippen LogP contribution in [0.15, 0.2) is 47.4 Å². The molecule has 0 radical (unpaired) electrons. The highest BCUT2D eigenvalue weighted by molar-refractivity contribution is 7.92. The van der Waals surface area contributed by atoms with Gasteiger partial charge in [0.25, 0.3) is 0 Å². The van der Waals surface area contributed by atoms with Crippen LogP contribution >= 0.6 is 11.3 Å². The molecule has 0 atom stereocenters. The van der Waals surface area contributed by atoms with E-state index in [0.29, 0.717) is 5.69 Å². The number of carbonyl (C=O) groups is 1. The number of hydrogen-bond acceptors (Lipinski definition) is 5. The number of nitrogens with one attached hydrogen (secondary N) is 2. The normalized spacial score (nSPS) is 11.5. The zero-order valence-corrected chi connectivity index (χ0v) is 14.3. The van der Waals surface area contributed by atoms with Gasteiger partial charge < -0.3 is 5.32 Å². The van der Waals surface area contributed by atoms with E-state index >= 15 is 0 Å². The average molecular weight is 364 g/mol. The minimum atomic E-state index is -3.54. The second kappa shape index (κ2) is 7.02. The Hall–Kier alpha value is -2.39. The van der Waals surface area contributed by atoms with Gasteiger partial charge in [-0.25, -0.2) is 12.9 Å². The zero-order valence-electron chi connectivity index (χ0n) is 12.7. The first kappa shape index (κ1) is 16.5. The highest BCUT2D eigenvalue weighted by atomic mass is 32.2. The number of fused-ring (bicyclic) bond motifs is 1. The summed E-state index contributed by atoms with van der Waals surface area (Å²) < 4.78 is 28.3. The quantitative estimate of drug-likeness (QED) is 0.664. The molecule has 3 rings (SSSR count). The van der Waals surface area contributed by atoms with Crippen molar-refractivity contribution in [2.75, 3.05) is 17.0 Å². The summed E-state index contributed by atoms with van der Waals surface area (Å²) in [5.74, 6) is -0.378. The van der Waals surface area contributed by atoms with Crippen molar-refractivity contribution in [1.82, 2.24) is 14.9 Å². The molecule has 0 saturated carbocycles. The second-order valence-corrected chi connectivity index (χ2v) is 7.82. The van der Waals surface area contributed by atoms with Crippen molar-refractivity contribution >= 4 is 38.5 Å². The largest absolute Gasteiger partial charge is 0.355 e. The van der Waals surface area contributed by atoms with E-state index in [1.165, 1.54) is 11.3 Å². The minimum absolute atomic E-state index is 0.0627. The summed E-state index contributed by atoms with van der Waals surface area (Å²) in [7, 11) is -3.54. The van der Waals surface area contributed by atoms with Gasteiger partial charge in [-0.1, -0.05) is 0 Å². The maximum atomic E-state index is 12.1. The van der Waals surface area contributed by atoms with Crippen LogP contribution in [0.4, 0.5) is 5.69 Å². The summed E-state index contributed by atoms with van der Waals surface area (Å²) in [6.07, 6.45) is 3.57. The van der Waals surface area contributed by atoms with Gasteiger partial charge >= 0.3 is 0 Å². The van der Waals surface area contributed by atoms with E-state index < -0.39 is 10.0 Å². The molecule has 2 N–H and O–H groups in total. The molecule has 0 aliphatic carbocycles. The predicted molar refractivity (Wildman–Crippen MR) is 93.6 cm³/mol. The molecular weight excluding hydrogens is 348 g/mol. The third kappa shape index (κ3) is 4.33. The SMILES string of the molecule is O=C(Cc1ccsc1)NCCS(=O)(=O)Nc1ccn2nccc2c1. The standard InChI is InChI=1S/C15H16N4O3S2/c20-15(9-12-3-7-23-11-12)16-5-8-24(21,22)18-13-2-6-19-14(10-13)1-4-17-19/h1-4,6-7,10-11,18H,5,8-9H2,(H,16,20). The van der Waals surface area contributed by atoms with Crippen molar-refractivity contribution in [3.8, 4) is 0 Å². The molecule has 0 unspecified atom stereocenters. The third-order valence-electron chi connectivity index (χ3n) is 3.31. The van der Waals surface area contributed by atoms with Gasteiger partial charge in [-0.2, -0.15) is 16.4 Å². The number of rotatable bonds is 7. The topological polar surface area (TPSA) is 92.6 Å². The number of carbonyl (C=O) groups excluding carboxylic acids is 1. The fourth-order valence-electron chi connectivity index (χ4n) is 2.18. The third-order valence-corrected chi connectivity index (χ3v) is 5.33. The monoisotopic (exact) mass is 364 g/mol. The van der Waals surface area contributed by atoms with E-state index in [-0.39, 0.29) is 24.6 Å².